The van der Waals surface area contributed by atoms with Crippen molar-refractivity contribution in [2.45, 2.75) is 30.5 Å². The molecular weight excluding hydrogens is 294 g/mol. The highest BCUT2D eigenvalue weighted by Gasteiger charge is 2.15. The summed E-state index contributed by atoms with van der Waals surface area (Å²) in [6.07, 6.45) is 1.85. The lowest BCUT2D eigenvalue weighted by atomic mass is 10.3. The van der Waals surface area contributed by atoms with Crippen molar-refractivity contribution in [3.05, 3.63) is 17.0 Å². The van der Waals surface area contributed by atoms with Gasteiger partial charge in [-0.15, -0.1) is 11.3 Å². The number of rotatable bonds is 10. The zero-order chi connectivity index (χ0) is 15.0. The molecule has 1 rings (SSSR count). The first-order valence-corrected chi connectivity index (χ1v) is 9.24. The average molecular weight is 319 g/mol. The number of unbranched alkanes of at least 4 members (excludes halogenated alkanes) is 1. The van der Waals surface area contributed by atoms with Crippen LogP contribution in [0.4, 0.5) is 0 Å². The summed E-state index contributed by atoms with van der Waals surface area (Å²) >= 11 is 1.28. The molecule has 0 saturated carbocycles. The Bertz CT molecular complexity index is 484. The topological polar surface area (TPSA) is 61.4 Å². The summed E-state index contributed by atoms with van der Waals surface area (Å²) in [5.41, 5.74) is 1.02. The van der Waals surface area contributed by atoms with Gasteiger partial charge in [-0.25, -0.2) is 13.1 Å². The molecule has 1 aromatic heterocycles. The Morgan fingerprint density at radius 2 is 2.05 bits per heavy atom. The number of thiophene rings is 1. The summed E-state index contributed by atoms with van der Waals surface area (Å²) < 4.78 is 27.2. The van der Waals surface area contributed by atoms with Crippen LogP contribution in [0, 0.1) is 0 Å². The molecule has 0 radical (unpaired) electrons. The van der Waals surface area contributed by atoms with Gasteiger partial charge in [-0.1, -0.05) is 6.92 Å². The van der Waals surface area contributed by atoms with E-state index in [2.05, 4.69) is 14.9 Å². The second kappa shape index (κ2) is 8.74. The number of nitrogens with one attached hydrogen (secondary N) is 2. The van der Waals surface area contributed by atoms with Crippen molar-refractivity contribution >= 4 is 21.4 Å². The quantitative estimate of drug-likeness (QED) is 0.641. The summed E-state index contributed by atoms with van der Waals surface area (Å²) in [4.78, 5) is 2.10. The molecule has 1 heterocycles. The lowest BCUT2D eigenvalue weighted by molar-refractivity contribution is 0.394. The van der Waals surface area contributed by atoms with E-state index in [1.807, 2.05) is 26.4 Å². The Kier molecular flexibility index (Phi) is 7.68. The largest absolute Gasteiger partial charge is 0.313 e. The molecule has 0 atom stereocenters. The maximum Gasteiger partial charge on any atom is 0.250 e. The van der Waals surface area contributed by atoms with Gasteiger partial charge in [-0.3, -0.25) is 0 Å². The first kappa shape index (κ1) is 17.6. The van der Waals surface area contributed by atoms with Crippen LogP contribution in [0.2, 0.25) is 0 Å². The number of hydrogen-bond acceptors (Lipinski definition) is 5. The molecule has 0 saturated heterocycles. The molecule has 2 N–H and O–H groups in total. The Morgan fingerprint density at radius 1 is 1.30 bits per heavy atom. The monoisotopic (exact) mass is 319 g/mol. The maximum atomic E-state index is 12.1. The molecule has 7 heteroatoms. The average Bonchev–Trinajstić information content (AvgIpc) is 2.85. The standard InChI is InChI=1S/C13H25N3O2S2/c1-4-14-10-12-9-13(19-11-12)20(17,18)15-7-5-6-8-16(2)3/h9,11,14-15H,4-8,10H2,1-3H3. The smallest absolute Gasteiger partial charge is 0.250 e. The van der Waals surface area contributed by atoms with Crippen molar-refractivity contribution in [1.82, 2.24) is 14.9 Å². The summed E-state index contributed by atoms with van der Waals surface area (Å²) in [6.45, 7) is 5.09. The minimum Gasteiger partial charge on any atom is -0.313 e. The van der Waals surface area contributed by atoms with Crippen LogP contribution in [0.5, 0.6) is 0 Å². The highest BCUT2D eigenvalue weighted by Crippen LogP contribution is 2.19. The molecule has 0 aromatic carbocycles. The maximum absolute atomic E-state index is 12.1. The molecule has 0 spiro atoms. The number of nitrogens with zero attached hydrogens (tertiary/aromatic N) is 1. The van der Waals surface area contributed by atoms with E-state index in [1.165, 1.54) is 11.3 Å². The van der Waals surface area contributed by atoms with Crippen molar-refractivity contribution < 1.29 is 8.42 Å². The third-order valence-electron chi connectivity index (χ3n) is 2.80. The van der Waals surface area contributed by atoms with Crippen molar-refractivity contribution in [1.29, 1.82) is 0 Å². The highest BCUT2D eigenvalue weighted by molar-refractivity contribution is 7.91. The van der Waals surface area contributed by atoms with Crippen molar-refractivity contribution in [3.63, 3.8) is 0 Å². The lowest BCUT2D eigenvalue weighted by Crippen LogP contribution is -2.25. The molecule has 0 bridgehead atoms. The highest BCUT2D eigenvalue weighted by atomic mass is 32.2. The van der Waals surface area contributed by atoms with Crippen LogP contribution in [0.15, 0.2) is 15.7 Å². The fraction of sp³-hybridized carbons (Fsp3) is 0.692. The molecule has 116 valence electrons. The van der Waals surface area contributed by atoms with Gasteiger partial charge in [0.05, 0.1) is 0 Å². The van der Waals surface area contributed by atoms with Crippen LogP contribution >= 0.6 is 11.3 Å². The van der Waals surface area contributed by atoms with Gasteiger partial charge in [-0.2, -0.15) is 0 Å². The van der Waals surface area contributed by atoms with Gasteiger partial charge in [0.25, 0.3) is 0 Å². The minimum absolute atomic E-state index is 0.401. The third-order valence-corrected chi connectivity index (χ3v) is 5.75. The summed E-state index contributed by atoms with van der Waals surface area (Å²) in [7, 11) is 0.693. The Labute approximate surface area is 126 Å². The van der Waals surface area contributed by atoms with E-state index in [0.29, 0.717) is 17.3 Å². The van der Waals surface area contributed by atoms with E-state index < -0.39 is 10.0 Å². The Hall–Kier alpha value is -0.470. The Morgan fingerprint density at radius 3 is 2.70 bits per heavy atom. The summed E-state index contributed by atoms with van der Waals surface area (Å²) in [5, 5.41) is 5.08. The summed E-state index contributed by atoms with van der Waals surface area (Å²) in [6, 6.07) is 1.75. The molecule has 1 aromatic rings. The fourth-order valence-electron chi connectivity index (χ4n) is 1.69. The molecule has 0 unspecified atom stereocenters. The van der Waals surface area contributed by atoms with Gasteiger partial charge in [0.1, 0.15) is 4.21 Å². The molecule has 20 heavy (non-hydrogen) atoms. The normalized spacial score (nSPS) is 12.2. The second-order valence-corrected chi connectivity index (χ2v) is 7.87. The van der Waals surface area contributed by atoms with Crippen LogP contribution in [-0.4, -0.2) is 47.0 Å². The van der Waals surface area contributed by atoms with Gasteiger partial charge in [0.2, 0.25) is 10.0 Å². The first-order valence-electron chi connectivity index (χ1n) is 6.88. The van der Waals surface area contributed by atoms with E-state index in [1.54, 1.807) is 6.07 Å². The van der Waals surface area contributed by atoms with Crippen LogP contribution in [-0.2, 0) is 16.6 Å². The molecule has 0 amide bonds. The van der Waals surface area contributed by atoms with E-state index in [0.717, 1.165) is 31.5 Å². The lowest BCUT2D eigenvalue weighted by Gasteiger charge is -2.09. The van der Waals surface area contributed by atoms with E-state index in [-0.39, 0.29) is 0 Å². The Balaban J connectivity index is 2.41. The molecule has 0 aliphatic rings. The third kappa shape index (κ3) is 6.32. The SMILES string of the molecule is CCNCc1csc(S(=O)(=O)NCCCCN(C)C)c1. The molecule has 5 nitrogen and oxygen atoms in total. The van der Waals surface area contributed by atoms with Gasteiger partial charge in [-0.05, 0) is 57.0 Å². The van der Waals surface area contributed by atoms with Crippen LogP contribution in [0.3, 0.4) is 0 Å². The van der Waals surface area contributed by atoms with Gasteiger partial charge in [0, 0.05) is 13.1 Å². The molecule has 0 aliphatic carbocycles. The molecule has 0 aliphatic heterocycles. The second-order valence-electron chi connectivity index (χ2n) is 4.96. The predicted molar refractivity (Wildman–Crippen MR) is 84.7 cm³/mol. The van der Waals surface area contributed by atoms with Crippen molar-refractivity contribution in [2.75, 3.05) is 33.7 Å². The van der Waals surface area contributed by atoms with Gasteiger partial charge >= 0.3 is 0 Å². The van der Waals surface area contributed by atoms with Crippen LogP contribution in [0.1, 0.15) is 25.3 Å². The zero-order valence-corrected chi connectivity index (χ0v) is 14.1. The minimum atomic E-state index is -3.34. The van der Waals surface area contributed by atoms with Crippen molar-refractivity contribution in [2.24, 2.45) is 0 Å². The van der Waals surface area contributed by atoms with Crippen LogP contribution in [0.25, 0.3) is 0 Å². The van der Waals surface area contributed by atoms with E-state index >= 15 is 0 Å². The predicted octanol–water partition coefficient (Wildman–Crippen LogP) is 1.48. The van der Waals surface area contributed by atoms with E-state index in [4.69, 9.17) is 0 Å². The fourth-order valence-corrected chi connectivity index (χ4v) is 4.01. The first-order chi connectivity index (χ1) is 9.45. The van der Waals surface area contributed by atoms with E-state index in [9.17, 15) is 8.42 Å². The van der Waals surface area contributed by atoms with Gasteiger partial charge in [0.15, 0.2) is 0 Å². The van der Waals surface area contributed by atoms with Crippen molar-refractivity contribution in [3.8, 4) is 0 Å². The van der Waals surface area contributed by atoms with Crippen LogP contribution < -0.4 is 10.0 Å². The summed E-state index contributed by atoms with van der Waals surface area (Å²) in [5.74, 6) is 0. The molecular formula is C13H25N3O2S2. The zero-order valence-electron chi connectivity index (χ0n) is 12.5. The number of sulfonamides is 1. The van der Waals surface area contributed by atoms with Gasteiger partial charge < -0.3 is 10.2 Å². The number of hydrogen-bond donors (Lipinski definition) is 2. The molecule has 0 fully saturated rings.